The predicted molar refractivity (Wildman–Crippen MR) is 73.7 cm³/mol. The van der Waals surface area contributed by atoms with Gasteiger partial charge in [-0.2, -0.15) is 0 Å². The van der Waals surface area contributed by atoms with Crippen LogP contribution in [0.1, 0.15) is 25.7 Å². The van der Waals surface area contributed by atoms with Gasteiger partial charge in [0.2, 0.25) is 10.0 Å². The Morgan fingerprint density at radius 3 is 2.58 bits per heavy atom. The van der Waals surface area contributed by atoms with Crippen LogP contribution >= 0.6 is 15.9 Å². The average Bonchev–Trinajstić information content (AvgIpc) is 3.23. The molecule has 3 nitrogen and oxygen atoms in total. The molecule has 2 saturated carbocycles. The van der Waals surface area contributed by atoms with Gasteiger partial charge in [0.05, 0.1) is 9.37 Å². The molecule has 0 aromatic heterocycles. The monoisotopic (exact) mass is 347 g/mol. The molecular formula is C13H15BrFNO2S. The summed E-state index contributed by atoms with van der Waals surface area (Å²) in [6.07, 6.45) is 4.65. The van der Waals surface area contributed by atoms with E-state index in [9.17, 15) is 12.8 Å². The van der Waals surface area contributed by atoms with Crippen LogP contribution in [0, 0.1) is 17.2 Å². The molecule has 0 amide bonds. The molecule has 104 valence electrons. The lowest BCUT2D eigenvalue weighted by Gasteiger charge is -2.15. The van der Waals surface area contributed by atoms with Gasteiger partial charge >= 0.3 is 0 Å². The van der Waals surface area contributed by atoms with Crippen molar-refractivity contribution in [3.05, 3.63) is 28.5 Å². The van der Waals surface area contributed by atoms with Gasteiger partial charge in [0.25, 0.3) is 0 Å². The van der Waals surface area contributed by atoms with Crippen LogP contribution in [0.5, 0.6) is 0 Å². The van der Waals surface area contributed by atoms with Gasteiger partial charge in [-0.1, -0.05) is 0 Å². The highest BCUT2D eigenvalue weighted by Gasteiger charge is 2.53. The van der Waals surface area contributed by atoms with Crippen molar-refractivity contribution in [1.82, 2.24) is 4.72 Å². The van der Waals surface area contributed by atoms with E-state index in [1.54, 1.807) is 0 Å². The van der Waals surface area contributed by atoms with Crippen LogP contribution in [-0.4, -0.2) is 15.0 Å². The van der Waals surface area contributed by atoms with Crippen molar-refractivity contribution in [2.45, 2.75) is 30.6 Å². The van der Waals surface area contributed by atoms with Crippen molar-refractivity contribution in [3.63, 3.8) is 0 Å². The summed E-state index contributed by atoms with van der Waals surface area (Å²) < 4.78 is 40.5. The summed E-state index contributed by atoms with van der Waals surface area (Å²) in [6, 6.07) is 3.87. The Kier molecular flexibility index (Phi) is 3.22. The molecule has 1 aromatic rings. The van der Waals surface area contributed by atoms with Crippen LogP contribution in [0.4, 0.5) is 4.39 Å². The fourth-order valence-corrected chi connectivity index (χ4v) is 3.95. The molecule has 0 spiro atoms. The van der Waals surface area contributed by atoms with E-state index in [2.05, 4.69) is 20.7 Å². The molecule has 3 rings (SSSR count). The van der Waals surface area contributed by atoms with Crippen LogP contribution in [0.3, 0.4) is 0 Å². The second-order valence-corrected chi connectivity index (χ2v) is 8.16. The maximum absolute atomic E-state index is 13.4. The third-order valence-corrected chi connectivity index (χ3v) is 6.19. The summed E-state index contributed by atoms with van der Waals surface area (Å²) in [7, 11) is -3.61. The second-order valence-electron chi connectivity index (χ2n) is 5.54. The maximum Gasteiger partial charge on any atom is 0.240 e. The largest absolute Gasteiger partial charge is 0.240 e. The van der Waals surface area contributed by atoms with Gasteiger partial charge in [-0.15, -0.1) is 0 Å². The van der Waals surface area contributed by atoms with Crippen molar-refractivity contribution in [3.8, 4) is 0 Å². The number of hydrogen-bond donors (Lipinski definition) is 1. The summed E-state index contributed by atoms with van der Waals surface area (Å²) in [5.74, 6) is 0.128. The van der Waals surface area contributed by atoms with Crippen molar-refractivity contribution in [2.24, 2.45) is 11.3 Å². The van der Waals surface area contributed by atoms with Crippen LogP contribution in [0.25, 0.3) is 0 Å². The molecule has 0 bridgehead atoms. The molecule has 0 unspecified atom stereocenters. The number of halogens is 2. The molecule has 0 heterocycles. The zero-order valence-corrected chi connectivity index (χ0v) is 12.7. The van der Waals surface area contributed by atoms with Gasteiger partial charge in [0.15, 0.2) is 0 Å². The fourth-order valence-electron chi connectivity index (χ4n) is 2.55. The molecule has 2 aliphatic carbocycles. The van der Waals surface area contributed by atoms with E-state index in [0.29, 0.717) is 12.5 Å². The summed E-state index contributed by atoms with van der Waals surface area (Å²) in [4.78, 5) is -0.0141. The first-order valence-electron chi connectivity index (χ1n) is 6.38. The SMILES string of the molecule is O=S(=O)(NCC1(C2CC2)CC1)c1ccc(Br)c(F)c1. The van der Waals surface area contributed by atoms with E-state index in [0.717, 1.165) is 18.9 Å². The number of sulfonamides is 1. The molecular weight excluding hydrogens is 333 g/mol. The second kappa shape index (κ2) is 4.53. The average molecular weight is 348 g/mol. The molecule has 0 atom stereocenters. The number of hydrogen-bond acceptors (Lipinski definition) is 2. The standard InChI is InChI=1S/C13H15BrFNO2S/c14-11-4-3-10(7-12(11)15)19(17,18)16-8-13(5-6-13)9-1-2-9/h3-4,7,9,16H,1-2,5-6,8H2. The van der Waals surface area contributed by atoms with Gasteiger partial charge in [-0.05, 0) is 71.1 Å². The topological polar surface area (TPSA) is 46.2 Å². The van der Waals surface area contributed by atoms with E-state index in [-0.39, 0.29) is 14.8 Å². The Bertz CT molecular complexity index is 609. The molecule has 0 radical (unpaired) electrons. The lowest BCUT2D eigenvalue weighted by Crippen LogP contribution is -2.31. The van der Waals surface area contributed by atoms with Crippen molar-refractivity contribution in [1.29, 1.82) is 0 Å². The molecule has 2 fully saturated rings. The summed E-state index contributed by atoms with van der Waals surface area (Å²) >= 11 is 3.01. The lowest BCUT2D eigenvalue weighted by atomic mass is 10.0. The Balaban J connectivity index is 1.73. The van der Waals surface area contributed by atoms with Crippen molar-refractivity contribution < 1.29 is 12.8 Å². The van der Waals surface area contributed by atoms with Gasteiger partial charge < -0.3 is 0 Å². The predicted octanol–water partition coefficient (Wildman–Crippen LogP) is 3.06. The Hall–Kier alpha value is -0.460. The minimum absolute atomic E-state index is 0.0141. The van der Waals surface area contributed by atoms with Gasteiger partial charge in [0, 0.05) is 6.54 Å². The maximum atomic E-state index is 13.4. The highest BCUT2D eigenvalue weighted by molar-refractivity contribution is 9.10. The molecule has 0 saturated heterocycles. The van der Waals surface area contributed by atoms with E-state index < -0.39 is 15.8 Å². The number of rotatable bonds is 5. The van der Waals surface area contributed by atoms with E-state index >= 15 is 0 Å². The highest BCUT2D eigenvalue weighted by atomic mass is 79.9. The first kappa shape index (κ1) is 13.5. The van der Waals surface area contributed by atoms with E-state index in [1.165, 1.54) is 25.0 Å². The highest BCUT2D eigenvalue weighted by Crippen LogP contribution is 2.60. The molecule has 0 aliphatic heterocycles. The van der Waals surface area contributed by atoms with Gasteiger partial charge in [-0.25, -0.2) is 17.5 Å². The van der Waals surface area contributed by atoms with E-state index in [4.69, 9.17) is 0 Å². The lowest BCUT2D eigenvalue weighted by molar-refractivity contribution is 0.431. The van der Waals surface area contributed by atoms with Crippen molar-refractivity contribution >= 4 is 26.0 Å². The summed E-state index contributed by atoms with van der Waals surface area (Å²) in [5.41, 5.74) is 0.195. The number of nitrogens with one attached hydrogen (secondary N) is 1. The van der Waals surface area contributed by atoms with Crippen LogP contribution in [-0.2, 0) is 10.0 Å². The Morgan fingerprint density at radius 2 is 2.05 bits per heavy atom. The van der Waals surface area contributed by atoms with Crippen LogP contribution in [0.15, 0.2) is 27.6 Å². The van der Waals surface area contributed by atoms with Crippen molar-refractivity contribution in [2.75, 3.05) is 6.54 Å². The number of benzene rings is 1. The normalized spacial score (nSPS) is 21.4. The summed E-state index contributed by atoms with van der Waals surface area (Å²) in [5, 5.41) is 0. The molecule has 6 heteroatoms. The molecule has 1 aromatic carbocycles. The minimum Gasteiger partial charge on any atom is -0.211 e. The Morgan fingerprint density at radius 1 is 1.37 bits per heavy atom. The summed E-state index contributed by atoms with van der Waals surface area (Å²) in [6.45, 7) is 0.484. The molecule has 19 heavy (non-hydrogen) atoms. The zero-order valence-electron chi connectivity index (χ0n) is 10.3. The van der Waals surface area contributed by atoms with Gasteiger partial charge in [0.1, 0.15) is 5.82 Å². The van der Waals surface area contributed by atoms with Gasteiger partial charge in [-0.3, -0.25) is 0 Å². The van der Waals surface area contributed by atoms with Crippen LogP contribution in [0.2, 0.25) is 0 Å². The fraction of sp³-hybridized carbons (Fsp3) is 0.538. The quantitative estimate of drug-likeness (QED) is 0.889. The first-order chi connectivity index (χ1) is 8.93. The van der Waals surface area contributed by atoms with E-state index in [1.807, 2.05) is 0 Å². The van der Waals surface area contributed by atoms with Crippen LogP contribution < -0.4 is 4.72 Å². The first-order valence-corrected chi connectivity index (χ1v) is 8.65. The molecule has 1 N–H and O–H groups in total. The Labute approximate surface area is 120 Å². The minimum atomic E-state index is -3.61. The smallest absolute Gasteiger partial charge is 0.211 e. The third-order valence-electron chi connectivity index (χ3n) is 4.15. The zero-order chi connectivity index (χ0) is 13.7. The molecule has 2 aliphatic rings. The third kappa shape index (κ3) is 2.71.